The fraction of sp³-hybridized carbons (Fsp3) is 0.0714. The first kappa shape index (κ1) is 14.9. The van der Waals surface area contributed by atoms with Crippen molar-refractivity contribution >= 4 is 49.1 Å². The van der Waals surface area contributed by atoms with Gasteiger partial charge in [-0.1, -0.05) is 15.9 Å². The van der Waals surface area contributed by atoms with Gasteiger partial charge < -0.3 is 15.8 Å². The van der Waals surface area contributed by atoms with Crippen LogP contribution in [0, 0.1) is 0 Å². The maximum Gasteiger partial charge on any atom is 0.256 e. The minimum Gasteiger partial charge on any atom is -0.495 e. The number of methoxy groups -OCH3 is 1. The minimum absolute atomic E-state index is 0.220. The SMILES string of the molecule is COc1ccc(NC(=O)c2cc(Br)ccc2Br)cc1N. The van der Waals surface area contributed by atoms with Crippen molar-refractivity contribution in [3.63, 3.8) is 0 Å². The van der Waals surface area contributed by atoms with Crippen molar-refractivity contribution < 1.29 is 9.53 Å². The van der Waals surface area contributed by atoms with Crippen LogP contribution in [0.3, 0.4) is 0 Å². The molecule has 0 spiro atoms. The molecular weight excluding hydrogens is 388 g/mol. The maximum atomic E-state index is 12.2. The van der Waals surface area contributed by atoms with E-state index in [4.69, 9.17) is 10.5 Å². The van der Waals surface area contributed by atoms with Gasteiger partial charge in [0.25, 0.3) is 5.91 Å². The highest BCUT2D eigenvalue weighted by Gasteiger charge is 2.11. The first-order chi connectivity index (χ1) is 9.51. The summed E-state index contributed by atoms with van der Waals surface area (Å²) in [4.78, 5) is 12.2. The van der Waals surface area contributed by atoms with Crippen LogP contribution >= 0.6 is 31.9 Å². The van der Waals surface area contributed by atoms with Gasteiger partial charge in [0.05, 0.1) is 18.4 Å². The maximum absolute atomic E-state index is 12.2. The summed E-state index contributed by atoms with van der Waals surface area (Å²) >= 11 is 6.70. The summed E-state index contributed by atoms with van der Waals surface area (Å²) in [7, 11) is 1.54. The summed E-state index contributed by atoms with van der Waals surface area (Å²) in [5.74, 6) is 0.356. The molecule has 2 rings (SSSR count). The van der Waals surface area contributed by atoms with E-state index in [9.17, 15) is 4.79 Å². The first-order valence-corrected chi connectivity index (χ1v) is 7.30. The molecule has 104 valence electrons. The van der Waals surface area contributed by atoms with E-state index in [2.05, 4.69) is 37.2 Å². The van der Waals surface area contributed by atoms with E-state index in [1.807, 2.05) is 6.07 Å². The largest absolute Gasteiger partial charge is 0.495 e. The highest BCUT2D eigenvalue weighted by atomic mass is 79.9. The molecular formula is C14H12Br2N2O2. The lowest BCUT2D eigenvalue weighted by Gasteiger charge is -2.10. The van der Waals surface area contributed by atoms with Gasteiger partial charge >= 0.3 is 0 Å². The van der Waals surface area contributed by atoms with Crippen molar-refractivity contribution in [3.8, 4) is 5.75 Å². The molecule has 0 bridgehead atoms. The Kier molecular flexibility index (Phi) is 4.67. The van der Waals surface area contributed by atoms with Gasteiger partial charge in [0.1, 0.15) is 5.75 Å². The number of ether oxygens (including phenoxy) is 1. The fourth-order valence-corrected chi connectivity index (χ4v) is 2.47. The number of carbonyl (C=O) groups excluding carboxylic acids is 1. The van der Waals surface area contributed by atoms with Crippen molar-refractivity contribution in [2.24, 2.45) is 0 Å². The molecule has 0 heterocycles. The van der Waals surface area contributed by atoms with Crippen molar-refractivity contribution in [3.05, 3.63) is 50.9 Å². The Morgan fingerprint density at radius 3 is 2.60 bits per heavy atom. The molecule has 3 N–H and O–H groups in total. The smallest absolute Gasteiger partial charge is 0.256 e. The third-order valence-electron chi connectivity index (χ3n) is 2.66. The molecule has 4 nitrogen and oxygen atoms in total. The molecule has 2 aromatic carbocycles. The van der Waals surface area contributed by atoms with Crippen molar-refractivity contribution in [1.82, 2.24) is 0 Å². The van der Waals surface area contributed by atoms with Gasteiger partial charge in [-0.05, 0) is 52.3 Å². The zero-order chi connectivity index (χ0) is 14.7. The van der Waals surface area contributed by atoms with Crippen molar-refractivity contribution in [2.45, 2.75) is 0 Å². The second-order valence-corrected chi connectivity index (χ2v) is 5.81. The van der Waals surface area contributed by atoms with E-state index in [1.54, 1.807) is 37.4 Å². The lowest BCUT2D eigenvalue weighted by atomic mass is 10.2. The Morgan fingerprint density at radius 1 is 1.20 bits per heavy atom. The number of nitrogen functional groups attached to an aromatic ring is 1. The number of rotatable bonds is 3. The highest BCUT2D eigenvalue weighted by molar-refractivity contribution is 9.11. The van der Waals surface area contributed by atoms with Crippen LogP contribution in [0.1, 0.15) is 10.4 Å². The normalized spacial score (nSPS) is 10.2. The van der Waals surface area contributed by atoms with Crippen LogP contribution in [0.5, 0.6) is 5.75 Å². The molecule has 0 saturated heterocycles. The second-order valence-electron chi connectivity index (χ2n) is 4.04. The minimum atomic E-state index is -0.220. The van der Waals surface area contributed by atoms with Gasteiger partial charge in [0.15, 0.2) is 0 Å². The van der Waals surface area contributed by atoms with E-state index >= 15 is 0 Å². The number of nitrogens with two attached hydrogens (primary N) is 1. The molecule has 1 amide bonds. The van der Waals surface area contributed by atoms with Crippen molar-refractivity contribution in [1.29, 1.82) is 0 Å². The lowest BCUT2D eigenvalue weighted by Crippen LogP contribution is -2.12. The molecule has 0 aliphatic heterocycles. The summed E-state index contributed by atoms with van der Waals surface area (Å²) in [6, 6.07) is 10.5. The average molecular weight is 400 g/mol. The highest BCUT2D eigenvalue weighted by Crippen LogP contribution is 2.26. The number of hydrogen-bond acceptors (Lipinski definition) is 3. The molecule has 0 saturated carbocycles. The van der Waals surface area contributed by atoms with Gasteiger partial charge in [-0.3, -0.25) is 4.79 Å². The molecule has 0 aromatic heterocycles. The lowest BCUT2D eigenvalue weighted by molar-refractivity contribution is 0.102. The van der Waals surface area contributed by atoms with Crippen LogP contribution in [0.4, 0.5) is 11.4 Å². The monoisotopic (exact) mass is 398 g/mol. The van der Waals surface area contributed by atoms with Crippen LogP contribution in [0.25, 0.3) is 0 Å². The summed E-state index contributed by atoms with van der Waals surface area (Å²) in [5, 5.41) is 2.79. The van der Waals surface area contributed by atoms with E-state index in [0.29, 0.717) is 22.7 Å². The molecule has 0 unspecified atom stereocenters. The molecule has 0 aliphatic rings. The summed E-state index contributed by atoms with van der Waals surface area (Å²) in [6.07, 6.45) is 0. The first-order valence-electron chi connectivity index (χ1n) is 5.71. The number of benzene rings is 2. The van der Waals surface area contributed by atoms with Crippen LogP contribution < -0.4 is 15.8 Å². The molecule has 0 aliphatic carbocycles. The fourth-order valence-electron chi connectivity index (χ4n) is 1.68. The Balaban J connectivity index is 2.23. The summed E-state index contributed by atoms with van der Waals surface area (Å²) in [5.41, 5.74) is 7.43. The number of amides is 1. The molecule has 0 fully saturated rings. The summed E-state index contributed by atoms with van der Waals surface area (Å²) in [6.45, 7) is 0. The predicted octanol–water partition coefficient (Wildman–Crippen LogP) is 4.05. The van der Waals surface area contributed by atoms with Crippen molar-refractivity contribution in [2.75, 3.05) is 18.2 Å². The topological polar surface area (TPSA) is 64.3 Å². The standard InChI is InChI=1S/C14H12Br2N2O2/c1-20-13-5-3-9(7-12(13)17)18-14(19)10-6-8(15)2-4-11(10)16/h2-7H,17H2,1H3,(H,18,19). The number of anilines is 2. The Morgan fingerprint density at radius 2 is 1.95 bits per heavy atom. The molecule has 20 heavy (non-hydrogen) atoms. The number of carbonyl (C=O) groups is 1. The van der Waals surface area contributed by atoms with Gasteiger partial charge in [0, 0.05) is 14.6 Å². The van der Waals surface area contributed by atoms with Gasteiger partial charge in [-0.15, -0.1) is 0 Å². The van der Waals surface area contributed by atoms with E-state index < -0.39 is 0 Å². The zero-order valence-corrected chi connectivity index (χ0v) is 13.8. The van der Waals surface area contributed by atoms with E-state index in [0.717, 1.165) is 8.95 Å². The number of halogens is 2. The predicted molar refractivity (Wildman–Crippen MR) is 87.2 cm³/mol. The van der Waals surface area contributed by atoms with Crippen LogP contribution in [-0.2, 0) is 0 Å². The van der Waals surface area contributed by atoms with E-state index in [1.165, 1.54) is 0 Å². The average Bonchev–Trinajstić information content (AvgIpc) is 2.41. The molecule has 0 atom stereocenters. The third kappa shape index (κ3) is 3.32. The van der Waals surface area contributed by atoms with Crippen LogP contribution in [0.2, 0.25) is 0 Å². The zero-order valence-electron chi connectivity index (χ0n) is 10.6. The van der Waals surface area contributed by atoms with Gasteiger partial charge in [0.2, 0.25) is 0 Å². The Bertz CT molecular complexity index is 660. The molecule has 0 radical (unpaired) electrons. The van der Waals surface area contributed by atoms with Gasteiger partial charge in [-0.25, -0.2) is 0 Å². The molecule has 2 aromatic rings. The van der Waals surface area contributed by atoms with Crippen LogP contribution in [0.15, 0.2) is 45.3 Å². The number of hydrogen-bond donors (Lipinski definition) is 2. The Hall–Kier alpha value is -1.53. The second kappa shape index (κ2) is 6.28. The third-order valence-corrected chi connectivity index (χ3v) is 3.85. The summed E-state index contributed by atoms with van der Waals surface area (Å²) < 4.78 is 6.63. The quantitative estimate of drug-likeness (QED) is 0.765. The Labute approximate surface area is 133 Å². The molecule has 6 heteroatoms. The van der Waals surface area contributed by atoms with E-state index in [-0.39, 0.29) is 5.91 Å². The van der Waals surface area contributed by atoms with Gasteiger partial charge in [-0.2, -0.15) is 0 Å². The van der Waals surface area contributed by atoms with Crippen LogP contribution in [-0.4, -0.2) is 13.0 Å². The number of nitrogens with one attached hydrogen (secondary N) is 1.